The predicted molar refractivity (Wildman–Crippen MR) is 101 cm³/mol. The molecule has 0 aliphatic heterocycles. The summed E-state index contributed by atoms with van der Waals surface area (Å²) >= 11 is 3.64. The van der Waals surface area contributed by atoms with Gasteiger partial charge in [-0.05, 0) is 70.7 Å². The van der Waals surface area contributed by atoms with Gasteiger partial charge in [0.2, 0.25) is 0 Å². The fraction of sp³-hybridized carbons (Fsp3) is 0.700. The minimum Gasteiger partial charge on any atom is -0.492 e. The Balaban J connectivity index is 1.44. The molecule has 2 aromatic rings. The molecule has 25 heavy (non-hydrogen) atoms. The van der Waals surface area contributed by atoms with E-state index < -0.39 is 0 Å². The molecule has 0 amide bonds. The van der Waals surface area contributed by atoms with E-state index in [9.17, 15) is 0 Å². The summed E-state index contributed by atoms with van der Waals surface area (Å²) in [6, 6.07) is 1.99. The quantitative estimate of drug-likeness (QED) is 0.701. The molecule has 5 heteroatoms. The first-order valence-corrected chi connectivity index (χ1v) is 10.1. The molecule has 4 nitrogen and oxygen atoms in total. The summed E-state index contributed by atoms with van der Waals surface area (Å²) in [5, 5.41) is 8.10. The van der Waals surface area contributed by atoms with Gasteiger partial charge in [-0.25, -0.2) is 0 Å². The van der Waals surface area contributed by atoms with Crippen LogP contribution in [-0.4, -0.2) is 21.2 Å². The average molecular weight is 404 g/mol. The zero-order chi connectivity index (χ0) is 17.5. The van der Waals surface area contributed by atoms with Crippen LogP contribution in [0.2, 0.25) is 0 Å². The third-order valence-electron chi connectivity index (χ3n) is 6.85. The van der Waals surface area contributed by atoms with Crippen LogP contribution in [0.25, 0.3) is 5.65 Å². The van der Waals surface area contributed by atoms with Gasteiger partial charge in [0.25, 0.3) is 0 Å². The minimum atomic E-state index is 0.326. The third kappa shape index (κ3) is 2.53. The Labute approximate surface area is 157 Å². The maximum absolute atomic E-state index is 6.41. The van der Waals surface area contributed by atoms with Crippen molar-refractivity contribution in [1.29, 1.82) is 0 Å². The lowest BCUT2D eigenvalue weighted by atomic mass is 9.36. The van der Waals surface area contributed by atoms with E-state index in [2.05, 4.69) is 46.9 Å². The highest BCUT2D eigenvalue weighted by atomic mass is 79.9. The minimum absolute atomic E-state index is 0.326. The number of ether oxygens (including phenoxy) is 1. The Bertz CT molecular complexity index is 806. The largest absolute Gasteiger partial charge is 0.492 e. The molecule has 0 N–H and O–H groups in total. The summed E-state index contributed by atoms with van der Waals surface area (Å²) in [7, 11) is 0. The van der Waals surface area contributed by atoms with Crippen LogP contribution in [-0.2, 0) is 0 Å². The van der Waals surface area contributed by atoms with Gasteiger partial charge in [0.1, 0.15) is 12.1 Å². The summed E-state index contributed by atoms with van der Waals surface area (Å²) in [5.41, 5.74) is 2.64. The third-order valence-corrected chi connectivity index (χ3v) is 7.44. The number of aromatic nitrogens is 3. The van der Waals surface area contributed by atoms with Crippen LogP contribution in [0.15, 0.2) is 23.1 Å². The number of hydrogen-bond acceptors (Lipinski definition) is 3. The second kappa shape index (κ2) is 4.79. The molecule has 4 fully saturated rings. The molecule has 4 bridgehead atoms. The lowest BCUT2D eigenvalue weighted by Gasteiger charge is -2.69. The van der Waals surface area contributed by atoms with Crippen molar-refractivity contribution in [3.05, 3.63) is 23.1 Å². The molecule has 4 aliphatic rings. The molecular formula is C20H26BrN3O. The summed E-state index contributed by atoms with van der Waals surface area (Å²) in [6.45, 7) is 8.38. The van der Waals surface area contributed by atoms with Gasteiger partial charge in [0, 0.05) is 17.7 Å². The van der Waals surface area contributed by atoms with Crippen molar-refractivity contribution in [3.8, 4) is 5.75 Å². The number of pyridine rings is 1. The van der Waals surface area contributed by atoms with Gasteiger partial charge < -0.3 is 4.74 Å². The van der Waals surface area contributed by atoms with Crippen molar-refractivity contribution in [3.63, 3.8) is 0 Å². The average Bonchev–Trinajstić information content (AvgIpc) is 2.86. The van der Waals surface area contributed by atoms with Crippen molar-refractivity contribution in [2.75, 3.05) is 6.61 Å². The van der Waals surface area contributed by atoms with E-state index >= 15 is 0 Å². The molecule has 0 spiro atoms. The SMILES string of the molecule is CC12CC3(C)CC(C)(C1)CC(COc1cc4nncn4cc1Br)(C2)C3. The number of fused-ring (bicyclic) bond motifs is 1. The molecule has 134 valence electrons. The van der Waals surface area contributed by atoms with Gasteiger partial charge in [0.15, 0.2) is 5.65 Å². The van der Waals surface area contributed by atoms with E-state index in [0.717, 1.165) is 22.5 Å². The second-order valence-corrected chi connectivity index (χ2v) is 11.2. The van der Waals surface area contributed by atoms with E-state index in [1.54, 1.807) is 6.33 Å². The lowest BCUT2D eigenvalue weighted by Crippen LogP contribution is -2.60. The van der Waals surface area contributed by atoms with Gasteiger partial charge in [-0.2, -0.15) is 0 Å². The fourth-order valence-electron chi connectivity index (χ4n) is 7.88. The van der Waals surface area contributed by atoms with E-state index in [1.807, 2.05) is 16.7 Å². The maximum atomic E-state index is 6.41. The van der Waals surface area contributed by atoms with Crippen LogP contribution in [0.4, 0.5) is 0 Å². The first kappa shape index (κ1) is 16.1. The van der Waals surface area contributed by atoms with Gasteiger partial charge >= 0.3 is 0 Å². The van der Waals surface area contributed by atoms with Crippen molar-refractivity contribution >= 4 is 21.6 Å². The Morgan fingerprint density at radius 1 is 1.04 bits per heavy atom. The standard InChI is InChI=1S/C20H26BrN3O/c1-17-6-18(2)8-19(3,7-17)11-20(9-17,10-18)12-25-15-4-16-23-22-13-24(16)5-14(15)21/h4-5,13H,6-12H2,1-3H3. The Hall–Kier alpha value is -1.10. The predicted octanol–water partition coefficient (Wildman–Crippen LogP) is 5.26. The van der Waals surface area contributed by atoms with E-state index in [0.29, 0.717) is 21.7 Å². The Morgan fingerprint density at radius 2 is 1.64 bits per heavy atom. The van der Waals surface area contributed by atoms with E-state index in [4.69, 9.17) is 4.74 Å². The molecule has 4 aliphatic carbocycles. The summed E-state index contributed by atoms with van der Waals surface area (Å²) in [4.78, 5) is 0. The normalized spacial score (nSPS) is 42.2. The summed E-state index contributed by atoms with van der Waals surface area (Å²) < 4.78 is 9.28. The monoisotopic (exact) mass is 403 g/mol. The maximum Gasteiger partial charge on any atom is 0.164 e. The lowest BCUT2D eigenvalue weighted by molar-refractivity contribution is -0.192. The van der Waals surface area contributed by atoms with Crippen LogP contribution >= 0.6 is 15.9 Å². The van der Waals surface area contributed by atoms with Crippen molar-refractivity contribution in [2.24, 2.45) is 21.7 Å². The van der Waals surface area contributed by atoms with Crippen LogP contribution in [0.1, 0.15) is 59.3 Å². The highest BCUT2D eigenvalue weighted by Gasteiger charge is 2.64. The van der Waals surface area contributed by atoms with Crippen molar-refractivity contribution in [1.82, 2.24) is 14.6 Å². The molecule has 2 heterocycles. The smallest absolute Gasteiger partial charge is 0.164 e. The van der Waals surface area contributed by atoms with Crippen molar-refractivity contribution < 1.29 is 4.74 Å². The fourth-order valence-corrected chi connectivity index (χ4v) is 8.33. The molecule has 2 aromatic heterocycles. The van der Waals surface area contributed by atoms with Crippen LogP contribution in [0, 0.1) is 21.7 Å². The number of nitrogens with zero attached hydrogens (tertiary/aromatic N) is 3. The molecule has 0 radical (unpaired) electrons. The van der Waals surface area contributed by atoms with Crippen LogP contribution in [0.3, 0.4) is 0 Å². The number of halogens is 1. The van der Waals surface area contributed by atoms with Gasteiger partial charge in [-0.15, -0.1) is 10.2 Å². The van der Waals surface area contributed by atoms with Crippen molar-refractivity contribution in [2.45, 2.75) is 59.3 Å². The zero-order valence-corrected chi connectivity index (χ0v) is 16.9. The van der Waals surface area contributed by atoms with E-state index in [-0.39, 0.29) is 0 Å². The van der Waals surface area contributed by atoms with Crippen LogP contribution < -0.4 is 4.74 Å². The number of rotatable bonds is 3. The Morgan fingerprint density at radius 3 is 2.24 bits per heavy atom. The molecule has 4 saturated carbocycles. The second-order valence-electron chi connectivity index (χ2n) is 10.4. The molecule has 0 unspecified atom stereocenters. The highest BCUT2D eigenvalue weighted by Crippen LogP contribution is 2.73. The Kier molecular flexibility index (Phi) is 3.08. The first-order chi connectivity index (χ1) is 11.7. The zero-order valence-electron chi connectivity index (χ0n) is 15.3. The molecule has 6 rings (SSSR count). The number of hydrogen-bond donors (Lipinski definition) is 0. The summed E-state index contributed by atoms with van der Waals surface area (Å²) in [5.74, 6) is 0.886. The molecule has 0 saturated heterocycles. The van der Waals surface area contributed by atoms with Crippen LogP contribution in [0.5, 0.6) is 5.75 Å². The van der Waals surface area contributed by atoms with E-state index in [1.165, 1.54) is 38.5 Å². The molecule has 0 atom stereocenters. The molecule has 0 aromatic carbocycles. The topological polar surface area (TPSA) is 39.4 Å². The highest BCUT2D eigenvalue weighted by molar-refractivity contribution is 9.10. The van der Waals surface area contributed by atoms with Gasteiger partial charge in [-0.3, -0.25) is 4.40 Å². The first-order valence-electron chi connectivity index (χ1n) is 9.32. The molecular weight excluding hydrogens is 378 g/mol. The van der Waals surface area contributed by atoms with Gasteiger partial charge in [0.05, 0.1) is 11.1 Å². The summed E-state index contributed by atoms with van der Waals surface area (Å²) in [6.07, 6.45) is 11.8. The van der Waals surface area contributed by atoms with Gasteiger partial charge in [-0.1, -0.05) is 20.8 Å².